The highest BCUT2D eigenvalue weighted by molar-refractivity contribution is 6.37. The van der Waals surface area contributed by atoms with Gasteiger partial charge in [-0.05, 0) is 66.0 Å². The number of rotatable bonds is 5. The summed E-state index contributed by atoms with van der Waals surface area (Å²) in [7, 11) is 0. The van der Waals surface area contributed by atoms with Crippen LogP contribution in [0.1, 0.15) is 77.3 Å². The highest BCUT2D eigenvalue weighted by Gasteiger charge is 2.48. The lowest BCUT2D eigenvalue weighted by atomic mass is 9.63. The number of carbonyl (C=O) groups excluding carboxylic acids is 2. The van der Waals surface area contributed by atoms with Crippen LogP contribution in [0.25, 0.3) is 0 Å². The molecule has 0 bridgehead atoms. The Morgan fingerprint density at radius 1 is 0.846 bits per heavy atom. The van der Waals surface area contributed by atoms with Gasteiger partial charge in [-0.2, -0.15) is 0 Å². The van der Waals surface area contributed by atoms with E-state index in [4.69, 9.17) is 39.5 Å². The normalized spacial score (nSPS) is 20.8. The summed E-state index contributed by atoms with van der Waals surface area (Å²) in [5, 5.41) is 1.30. The van der Waals surface area contributed by atoms with Crippen LogP contribution in [0.15, 0.2) is 58.9 Å². The van der Waals surface area contributed by atoms with Crippen LogP contribution in [0.2, 0.25) is 15.1 Å². The summed E-state index contributed by atoms with van der Waals surface area (Å²) in [5.74, 6) is 0.0375. The van der Waals surface area contributed by atoms with Crippen LogP contribution < -0.4 is 4.74 Å². The topological polar surface area (TPSA) is 46.6 Å². The highest BCUT2D eigenvalue weighted by Crippen LogP contribution is 2.55. The molecule has 0 saturated heterocycles. The molecule has 2 aliphatic carbocycles. The SMILES string of the molecule is CCN1C2=C(C(=O)CC(C)(C)C2)C(c2cc(Cl)c(OCc3cccc(Cl)c3)c(Cl)c2)C2=C1CC(C)(C)CC2=O. The third kappa shape index (κ3) is 5.40. The van der Waals surface area contributed by atoms with Gasteiger partial charge in [-0.15, -0.1) is 0 Å². The maximum atomic E-state index is 13.8. The zero-order valence-corrected chi connectivity index (χ0v) is 25.4. The summed E-state index contributed by atoms with van der Waals surface area (Å²) in [4.78, 5) is 29.8. The molecule has 0 atom stereocenters. The molecule has 0 unspecified atom stereocenters. The van der Waals surface area contributed by atoms with Gasteiger partial charge in [0.2, 0.25) is 0 Å². The van der Waals surface area contributed by atoms with E-state index in [2.05, 4.69) is 39.5 Å². The Balaban J connectivity index is 1.62. The van der Waals surface area contributed by atoms with Crippen molar-refractivity contribution in [1.29, 1.82) is 0 Å². The van der Waals surface area contributed by atoms with Crippen molar-refractivity contribution < 1.29 is 14.3 Å². The van der Waals surface area contributed by atoms with E-state index in [1.54, 1.807) is 6.07 Å². The minimum atomic E-state index is -0.498. The second-order valence-corrected chi connectivity index (χ2v) is 13.8. The molecule has 3 aliphatic rings. The van der Waals surface area contributed by atoms with Crippen molar-refractivity contribution in [2.45, 2.75) is 72.8 Å². The number of allylic oxidation sites excluding steroid dienone is 4. The van der Waals surface area contributed by atoms with Crippen molar-refractivity contribution in [2.75, 3.05) is 6.54 Å². The fourth-order valence-corrected chi connectivity index (χ4v) is 7.26. The van der Waals surface area contributed by atoms with E-state index in [1.807, 2.05) is 30.3 Å². The van der Waals surface area contributed by atoms with Crippen molar-refractivity contribution >= 4 is 46.4 Å². The Morgan fingerprint density at radius 2 is 1.38 bits per heavy atom. The minimum absolute atomic E-state index is 0.0856. The number of ether oxygens (including phenoxy) is 1. The minimum Gasteiger partial charge on any atom is -0.486 e. The molecule has 206 valence electrons. The quantitative estimate of drug-likeness (QED) is 0.351. The fraction of sp³-hybridized carbons (Fsp3) is 0.438. The van der Waals surface area contributed by atoms with Gasteiger partial charge in [-0.1, -0.05) is 74.6 Å². The molecule has 5 rings (SSSR count). The number of halogens is 3. The summed E-state index contributed by atoms with van der Waals surface area (Å²) in [6, 6.07) is 11.0. The standard InChI is InChI=1S/C32H34Cl3NO3/c1-6-36-23-13-31(2,3)15-25(37)28(23)27(29-24(36)14-32(4,5)16-26(29)38)19-11-21(34)30(22(35)12-19)39-17-18-8-7-9-20(33)10-18/h7-12,27H,6,13-17H2,1-5H3. The van der Waals surface area contributed by atoms with Gasteiger partial charge in [0.25, 0.3) is 0 Å². The molecule has 0 amide bonds. The van der Waals surface area contributed by atoms with Gasteiger partial charge >= 0.3 is 0 Å². The number of Topliss-reactive ketones (excluding diaryl/α,β-unsaturated/α-hetero) is 2. The fourth-order valence-electron chi connectivity index (χ4n) is 6.43. The third-order valence-corrected chi connectivity index (χ3v) is 8.76. The highest BCUT2D eigenvalue weighted by atomic mass is 35.5. The average molecular weight is 587 g/mol. The maximum Gasteiger partial charge on any atom is 0.162 e. The molecule has 0 N–H and O–H groups in total. The second-order valence-electron chi connectivity index (χ2n) is 12.5. The monoisotopic (exact) mass is 585 g/mol. The Morgan fingerprint density at radius 3 is 1.87 bits per heavy atom. The Kier molecular flexibility index (Phi) is 7.45. The smallest absolute Gasteiger partial charge is 0.162 e. The molecule has 1 heterocycles. The molecule has 4 nitrogen and oxygen atoms in total. The molecule has 0 aromatic heterocycles. The first kappa shape index (κ1) is 28.3. The number of hydrogen-bond donors (Lipinski definition) is 0. The molecule has 39 heavy (non-hydrogen) atoms. The molecular weight excluding hydrogens is 553 g/mol. The molecule has 7 heteroatoms. The van der Waals surface area contributed by atoms with E-state index < -0.39 is 5.92 Å². The van der Waals surface area contributed by atoms with Crippen molar-refractivity contribution in [1.82, 2.24) is 4.90 Å². The van der Waals surface area contributed by atoms with E-state index >= 15 is 0 Å². The predicted octanol–water partition coefficient (Wildman–Crippen LogP) is 8.93. The van der Waals surface area contributed by atoms with Gasteiger partial charge in [0.15, 0.2) is 17.3 Å². The van der Waals surface area contributed by atoms with E-state index in [0.717, 1.165) is 35.4 Å². The summed E-state index contributed by atoms with van der Waals surface area (Å²) in [5.41, 5.74) is 4.80. The van der Waals surface area contributed by atoms with Crippen LogP contribution in [-0.4, -0.2) is 23.0 Å². The van der Waals surface area contributed by atoms with Crippen LogP contribution in [-0.2, 0) is 16.2 Å². The molecule has 1 aliphatic heterocycles. The number of hydrogen-bond acceptors (Lipinski definition) is 4. The Bertz CT molecular complexity index is 1360. The number of carbonyl (C=O) groups is 2. The number of ketones is 2. The van der Waals surface area contributed by atoms with E-state index in [9.17, 15) is 9.59 Å². The lowest BCUT2D eigenvalue weighted by Crippen LogP contribution is -2.44. The van der Waals surface area contributed by atoms with Gasteiger partial charge in [-0.25, -0.2) is 0 Å². The summed E-state index contributed by atoms with van der Waals surface area (Å²) in [6.45, 7) is 11.6. The zero-order valence-electron chi connectivity index (χ0n) is 23.1. The second kappa shape index (κ2) is 10.3. The Labute approximate surface area is 245 Å². The molecule has 0 spiro atoms. The van der Waals surface area contributed by atoms with Gasteiger partial charge in [0.05, 0.1) is 10.0 Å². The van der Waals surface area contributed by atoms with E-state index in [-0.39, 0.29) is 29.0 Å². The predicted molar refractivity (Wildman–Crippen MR) is 157 cm³/mol. The van der Waals surface area contributed by atoms with Gasteiger partial charge in [0.1, 0.15) is 6.61 Å². The molecule has 0 saturated carbocycles. The Hall–Kier alpha value is -2.27. The van der Waals surface area contributed by atoms with Crippen LogP contribution >= 0.6 is 34.8 Å². The van der Waals surface area contributed by atoms with Crippen LogP contribution in [0.4, 0.5) is 0 Å². The molecule has 0 radical (unpaired) electrons. The summed E-state index contributed by atoms with van der Waals surface area (Å²) >= 11 is 19.7. The number of nitrogens with zero attached hydrogens (tertiary/aromatic N) is 1. The van der Waals surface area contributed by atoms with E-state index in [0.29, 0.717) is 51.4 Å². The van der Waals surface area contributed by atoms with Crippen LogP contribution in [0, 0.1) is 10.8 Å². The maximum absolute atomic E-state index is 13.8. The van der Waals surface area contributed by atoms with Crippen molar-refractivity contribution in [3.8, 4) is 5.75 Å². The third-order valence-electron chi connectivity index (χ3n) is 7.96. The van der Waals surface area contributed by atoms with Crippen molar-refractivity contribution in [2.24, 2.45) is 10.8 Å². The number of benzene rings is 2. The van der Waals surface area contributed by atoms with Gasteiger partial charge in [0, 0.05) is 52.9 Å². The summed E-state index contributed by atoms with van der Waals surface area (Å²) < 4.78 is 6.01. The lowest BCUT2D eigenvalue weighted by molar-refractivity contribution is -0.119. The first-order valence-corrected chi connectivity index (χ1v) is 14.6. The molecule has 2 aromatic carbocycles. The first-order valence-electron chi connectivity index (χ1n) is 13.5. The molecule has 2 aromatic rings. The average Bonchev–Trinajstić information content (AvgIpc) is 2.80. The van der Waals surface area contributed by atoms with Gasteiger partial charge < -0.3 is 9.64 Å². The van der Waals surface area contributed by atoms with Crippen LogP contribution in [0.3, 0.4) is 0 Å². The molecular formula is C32H34Cl3NO3. The summed E-state index contributed by atoms with van der Waals surface area (Å²) in [6.07, 6.45) is 2.41. The lowest BCUT2D eigenvalue weighted by Gasteiger charge is -2.49. The molecule has 0 fully saturated rings. The first-order chi connectivity index (χ1) is 18.3. The van der Waals surface area contributed by atoms with E-state index in [1.165, 1.54) is 0 Å². The van der Waals surface area contributed by atoms with Crippen molar-refractivity contribution in [3.05, 3.63) is 85.1 Å². The van der Waals surface area contributed by atoms with Crippen molar-refractivity contribution in [3.63, 3.8) is 0 Å². The largest absolute Gasteiger partial charge is 0.486 e. The van der Waals surface area contributed by atoms with Gasteiger partial charge in [-0.3, -0.25) is 9.59 Å². The van der Waals surface area contributed by atoms with Crippen LogP contribution in [0.5, 0.6) is 5.75 Å². The zero-order chi connectivity index (χ0) is 28.3.